The summed E-state index contributed by atoms with van der Waals surface area (Å²) in [6.45, 7) is 9.28. The summed E-state index contributed by atoms with van der Waals surface area (Å²) in [5.74, 6) is 0. The highest BCUT2D eigenvalue weighted by atomic mass is 15.2. The van der Waals surface area contributed by atoms with Gasteiger partial charge in [-0.15, -0.1) is 0 Å². The Morgan fingerprint density at radius 1 is 1.10 bits per heavy atom. The molecule has 1 saturated heterocycles. The maximum Gasteiger partial charge on any atom is 0.0449 e. The topological polar surface area (TPSA) is 18.5 Å². The average Bonchev–Trinajstić information content (AvgIpc) is 2.69. The second-order valence-corrected chi connectivity index (χ2v) is 5.87. The summed E-state index contributed by atoms with van der Waals surface area (Å²) in [7, 11) is 2.23. The van der Waals surface area contributed by atoms with Crippen LogP contribution in [-0.2, 0) is 0 Å². The van der Waals surface area contributed by atoms with E-state index in [1.54, 1.807) is 0 Å². The van der Waals surface area contributed by atoms with Crippen molar-refractivity contribution in [1.29, 1.82) is 0 Å². The van der Waals surface area contributed by atoms with Gasteiger partial charge in [-0.3, -0.25) is 0 Å². The minimum Gasteiger partial charge on any atom is -0.309 e. The largest absolute Gasteiger partial charge is 0.309 e. The first kappa shape index (κ1) is 15.5. The van der Waals surface area contributed by atoms with Gasteiger partial charge in [0, 0.05) is 25.7 Å². The Hall–Kier alpha value is -0.900. The molecule has 0 radical (unpaired) electrons. The van der Waals surface area contributed by atoms with Crippen LogP contribution in [0.3, 0.4) is 0 Å². The summed E-state index contributed by atoms with van der Waals surface area (Å²) in [4.78, 5) is 5.06. The third-order valence-corrected chi connectivity index (χ3v) is 4.10. The molecule has 1 aliphatic rings. The lowest BCUT2D eigenvalue weighted by atomic mass is 10.1. The molecule has 1 unspecified atom stereocenters. The number of benzene rings is 1. The Morgan fingerprint density at radius 2 is 1.90 bits per heavy atom. The zero-order valence-corrected chi connectivity index (χ0v) is 13.0. The molecule has 20 heavy (non-hydrogen) atoms. The summed E-state index contributed by atoms with van der Waals surface area (Å²) < 4.78 is 0. The Bertz CT molecular complexity index is 366. The molecule has 0 spiro atoms. The molecule has 1 atom stereocenters. The van der Waals surface area contributed by atoms with Crippen molar-refractivity contribution in [1.82, 2.24) is 15.1 Å². The summed E-state index contributed by atoms with van der Waals surface area (Å²) in [5, 5.41) is 3.71. The van der Waals surface area contributed by atoms with E-state index in [4.69, 9.17) is 0 Å². The molecule has 1 N–H and O–H groups in total. The van der Waals surface area contributed by atoms with E-state index in [0.29, 0.717) is 6.04 Å². The predicted molar refractivity (Wildman–Crippen MR) is 86.0 cm³/mol. The van der Waals surface area contributed by atoms with Crippen LogP contribution in [0.5, 0.6) is 0 Å². The van der Waals surface area contributed by atoms with Gasteiger partial charge in [0.2, 0.25) is 0 Å². The molecule has 1 aliphatic heterocycles. The van der Waals surface area contributed by atoms with Crippen LogP contribution in [0.15, 0.2) is 30.3 Å². The molecule has 1 aromatic rings. The average molecular weight is 275 g/mol. The monoisotopic (exact) mass is 275 g/mol. The van der Waals surface area contributed by atoms with Gasteiger partial charge < -0.3 is 15.1 Å². The van der Waals surface area contributed by atoms with Gasteiger partial charge in [0.25, 0.3) is 0 Å². The van der Waals surface area contributed by atoms with Crippen molar-refractivity contribution in [3.8, 4) is 0 Å². The molecule has 0 aliphatic carbocycles. The number of nitrogens with zero attached hydrogens (tertiary/aromatic N) is 2. The molecule has 2 rings (SSSR count). The molecule has 3 nitrogen and oxygen atoms in total. The highest BCUT2D eigenvalue weighted by molar-refractivity contribution is 5.19. The highest BCUT2D eigenvalue weighted by Gasteiger charge is 2.17. The Kier molecular flexibility index (Phi) is 6.51. The maximum absolute atomic E-state index is 3.71. The fraction of sp³-hybridized carbons (Fsp3) is 0.647. The van der Waals surface area contributed by atoms with Crippen molar-refractivity contribution in [2.24, 2.45) is 0 Å². The van der Waals surface area contributed by atoms with Gasteiger partial charge in [0.05, 0.1) is 0 Å². The minimum atomic E-state index is 0.458. The van der Waals surface area contributed by atoms with Gasteiger partial charge in [-0.05, 0) is 45.1 Å². The molecular weight excluding hydrogens is 246 g/mol. The molecule has 112 valence electrons. The lowest BCUT2D eigenvalue weighted by molar-refractivity contribution is 0.247. The number of hydrogen-bond acceptors (Lipinski definition) is 3. The van der Waals surface area contributed by atoms with E-state index >= 15 is 0 Å². The zero-order chi connectivity index (χ0) is 14.2. The molecular formula is C17H29N3. The number of rotatable bonds is 6. The molecule has 1 aromatic carbocycles. The van der Waals surface area contributed by atoms with Crippen molar-refractivity contribution in [2.45, 2.75) is 25.8 Å². The maximum atomic E-state index is 3.71. The van der Waals surface area contributed by atoms with E-state index < -0.39 is 0 Å². The minimum absolute atomic E-state index is 0.458. The highest BCUT2D eigenvalue weighted by Crippen LogP contribution is 2.15. The molecule has 1 heterocycles. The van der Waals surface area contributed by atoms with E-state index in [9.17, 15) is 0 Å². The molecule has 0 saturated carbocycles. The van der Waals surface area contributed by atoms with E-state index in [1.165, 1.54) is 44.6 Å². The van der Waals surface area contributed by atoms with E-state index in [-0.39, 0.29) is 0 Å². The Balaban J connectivity index is 1.96. The van der Waals surface area contributed by atoms with Crippen LogP contribution in [0.2, 0.25) is 0 Å². The number of likely N-dealkylation sites (N-methyl/N-ethyl adjacent to an activating group) is 1. The molecule has 0 amide bonds. The van der Waals surface area contributed by atoms with Crippen LogP contribution < -0.4 is 5.32 Å². The predicted octanol–water partition coefficient (Wildman–Crippen LogP) is 2.36. The van der Waals surface area contributed by atoms with Gasteiger partial charge in [-0.25, -0.2) is 0 Å². The first-order valence-electron chi connectivity index (χ1n) is 7.99. The smallest absolute Gasteiger partial charge is 0.0449 e. The second kappa shape index (κ2) is 8.40. The summed E-state index contributed by atoms with van der Waals surface area (Å²) in [6.07, 6.45) is 2.47. The fourth-order valence-corrected chi connectivity index (χ4v) is 2.83. The van der Waals surface area contributed by atoms with Crippen molar-refractivity contribution in [3.63, 3.8) is 0 Å². The van der Waals surface area contributed by atoms with Crippen molar-refractivity contribution < 1.29 is 0 Å². The van der Waals surface area contributed by atoms with Crippen LogP contribution in [0.4, 0.5) is 0 Å². The Labute approximate surface area is 124 Å². The quantitative estimate of drug-likeness (QED) is 0.860. The number of hydrogen-bond donors (Lipinski definition) is 1. The summed E-state index contributed by atoms with van der Waals surface area (Å²) in [6, 6.07) is 11.3. The van der Waals surface area contributed by atoms with Crippen LogP contribution in [-0.4, -0.2) is 56.1 Å². The van der Waals surface area contributed by atoms with Crippen LogP contribution >= 0.6 is 0 Å². The standard InChI is InChI=1S/C17H29N3/c1-3-10-18-17(16-8-5-4-6-9-16)15-20-12-7-11-19(2)13-14-20/h4-6,8-9,17-18H,3,7,10-15H2,1-2H3. The first-order valence-corrected chi connectivity index (χ1v) is 7.99. The van der Waals surface area contributed by atoms with Gasteiger partial charge >= 0.3 is 0 Å². The van der Waals surface area contributed by atoms with Crippen LogP contribution in [0, 0.1) is 0 Å². The first-order chi connectivity index (χ1) is 9.79. The SMILES string of the molecule is CCCNC(CN1CCCN(C)CC1)c1ccccc1. The second-order valence-electron chi connectivity index (χ2n) is 5.87. The summed E-state index contributed by atoms with van der Waals surface area (Å²) in [5.41, 5.74) is 1.42. The van der Waals surface area contributed by atoms with E-state index in [2.05, 4.69) is 59.4 Å². The summed E-state index contributed by atoms with van der Waals surface area (Å²) >= 11 is 0. The third kappa shape index (κ3) is 4.89. The third-order valence-electron chi connectivity index (χ3n) is 4.10. The lowest BCUT2D eigenvalue weighted by Crippen LogP contribution is -2.37. The fourth-order valence-electron chi connectivity index (χ4n) is 2.83. The van der Waals surface area contributed by atoms with Gasteiger partial charge in [-0.1, -0.05) is 37.3 Å². The van der Waals surface area contributed by atoms with E-state index in [1.807, 2.05) is 0 Å². The lowest BCUT2D eigenvalue weighted by Gasteiger charge is -2.27. The van der Waals surface area contributed by atoms with Crippen LogP contribution in [0.25, 0.3) is 0 Å². The van der Waals surface area contributed by atoms with Gasteiger partial charge in [-0.2, -0.15) is 0 Å². The van der Waals surface area contributed by atoms with E-state index in [0.717, 1.165) is 13.1 Å². The van der Waals surface area contributed by atoms with Crippen LogP contribution in [0.1, 0.15) is 31.4 Å². The van der Waals surface area contributed by atoms with Crippen molar-refractivity contribution in [2.75, 3.05) is 46.3 Å². The normalized spacial score (nSPS) is 19.7. The van der Waals surface area contributed by atoms with Crippen molar-refractivity contribution >= 4 is 0 Å². The molecule has 3 heteroatoms. The number of nitrogens with one attached hydrogen (secondary N) is 1. The molecule has 0 bridgehead atoms. The Morgan fingerprint density at radius 3 is 2.65 bits per heavy atom. The van der Waals surface area contributed by atoms with Gasteiger partial charge in [0.1, 0.15) is 0 Å². The molecule has 1 fully saturated rings. The van der Waals surface area contributed by atoms with Crippen molar-refractivity contribution in [3.05, 3.63) is 35.9 Å². The zero-order valence-electron chi connectivity index (χ0n) is 13.0. The molecule has 0 aromatic heterocycles. The van der Waals surface area contributed by atoms with Gasteiger partial charge in [0.15, 0.2) is 0 Å².